The number of hydrogen-bond acceptors (Lipinski definition) is 1. The van der Waals surface area contributed by atoms with Crippen LogP contribution in [0.3, 0.4) is 0 Å². The van der Waals surface area contributed by atoms with Gasteiger partial charge in [-0.3, -0.25) is 4.79 Å². The van der Waals surface area contributed by atoms with Crippen LogP contribution in [0.4, 0.5) is 0 Å². The minimum atomic E-state index is -0.619. The van der Waals surface area contributed by atoms with Crippen LogP contribution in [-0.2, 0) is 32.5 Å². The Hall–Kier alpha value is 0.405. The van der Waals surface area contributed by atoms with Gasteiger partial charge in [-0.2, -0.15) is 0 Å². The van der Waals surface area contributed by atoms with E-state index < -0.39 is 5.97 Å². The van der Waals surface area contributed by atoms with Gasteiger partial charge in [0.05, 0.1) is 5.92 Å². The van der Waals surface area contributed by atoms with E-state index in [1.807, 2.05) is 0 Å². The van der Waals surface area contributed by atoms with Crippen molar-refractivity contribution in [3.8, 4) is 0 Å². The Bertz CT molecular complexity index is 88.4. The van der Waals surface area contributed by atoms with E-state index in [2.05, 4.69) is 0 Å². The van der Waals surface area contributed by atoms with Gasteiger partial charge in [-0.1, -0.05) is 6.42 Å². The van der Waals surface area contributed by atoms with Crippen LogP contribution in [0.25, 0.3) is 0 Å². The first-order chi connectivity index (χ1) is 3.30. The zero-order valence-electron chi connectivity index (χ0n) is 4.76. The Morgan fingerprint density at radius 2 is 2.00 bits per heavy atom. The molecule has 1 rings (SSSR count). The van der Waals surface area contributed by atoms with Crippen molar-refractivity contribution >= 4 is 5.97 Å². The van der Waals surface area contributed by atoms with Crippen LogP contribution in [0, 0.1) is 5.92 Å². The van der Waals surface area contributed by atoms with E-state index >= 15 is 0 Å². The Morgan fingerprint density at radius 1 is 1.50 bits per heavy atom. The van der Waals surface area contributed by atoms with Gasteiger partial charge in [0.25, 0.3) is 0 Å². The predicted octanol–water partition coefficient (Wildman–Crippen LogP) is 0.869. The molecular weight excluding hydrogens is 293 g/mol. The van der Waals surface area contributed by atoms with Crippen LogP contribution in [0.1, 0.15) is 19.3 Å². The molecule has 0 aliphatic heterocycles. The Labute approximate surface area is 68.8 Å². The summed E-state index contributed by atoms with van der Waals surface area (Å²) in [6, 6.07) is 0. The van der Waals surface area contributed by atoms with Gasteiger partial charge in [0, 0.05) is 27.7 Å². The van der Waals surface area contributed by atoms with E-state index in [1.165, 1.54) is 0 Å². The summed E-state index contributed by atoms with van der Waals surface area (Å²) in [5.41, 5.74) is 0. The second kappa shape index (κ2) is 3.43. The van der Waals surface area contributed by atoms with Crippen LogP contribution in [-0.4, -0.2) is 11.1 Å². The summed E-state index contributed by atoms with van der Waals surface area (Å²) < 4.78 is 0. The summed E-state index contributed by atoms with van der Waals surface area (Å²) in [7, 11) is 0. The quantitative estimate of drug-likeness (QED) is 0.730. The van der Waals surface area contributed by atoms with Gasteiger partial charge < -0.3 is 5.11 Å². The molecule has 0 bridgehead atoms. The predicted molar refractivity (Wildman–Crippen MR) is 25.0 cm³/mol. The van der Waals surface area contributed by atoms with Gasteiger partial charge in [0.15, 0.2) is 0 Å². The summed E-state index contributed by atoms with van der Waals surface area (Å²) in [5.74, 6) is -0.619. The average Bonchev–Trinajstić information content (AvgIpc) is 1.23. The van der Waals surface area contributed by atoms with E-state index in [0.717, 1.165) is 19.3 Å². The van der Waals surface area contributed by atoms with Crippen molar-refractivity contribution in [2.24, 2.45) is 5.92 Å². The van der Waals surface area contributed by atoms with E-state index in [4.69, 9.17) is 5.11 Å². The van der Waals surface area contributed by atoms with Crippen LogP contribution < -0.4 is 0 Å². The van der Waals surface area contributed by atoms with Gasteiger partial charge in [-0.05, 0) is 12.8 Å². The van der Waals surface area contributed by atoms with E-state index in [9.17, 15) is 4.79 Å². The molecule has 1 aliphatic rings. The van der Waals surface area contributed by atoms with E-state index in [1.54, 1.807) is 0 Å². The third-order valence-corrected chi connectivity index (χ3v) is 1.45. The molecule has 0 radical (unpaired) electrons. The van der Waals surface area contributed by atoms with Crippen molar-refractivity contribution in [2.75, 3.05) is 0 Å². The maximum Gasteiger partial charge on any atom is 0.306 e. The number of aliphatic carboxylic acids is 1. The summed E-state index contributed by atoms with van der Waals surface area (Å²) in [6.45, 7) is 0. The van der Waals surface area contributed by atoms with Gasteiger partial charge in [0.1, 0.15) is 0 Å². The second-order valence-corrected chi connectivity index (χ2v) is 1.97. The summed E-state index contributed by atoms with van der Waals surface area (Å²) >= 11 is 0. The summed E-state index contributed by atoms with van der Waals surface area (Å²) in [6.07, 6.45) is 2.90. The van der Waals surface area contributed by atoms with Gasteiger partial charge in [-0.15, -0.1) is 0 Å². The largest absolute Gasteiger partial charge is 0.481 e. The maximum atomic E-state index is 9.98. The smallest absolute Gasteiger partial charge is 0.306 e. The molecule has 0 atom stereocenters. The fraction of sp³-hybridized carbons (Fsp3) is 0.800. The second-order valence-electron chi connectivity index (χ2n) is 1.97. The van der Waals surface area contributed by atoms with Crippen LogP contribution in [0.15, 0.2) is 0 Å². The molecule has 0 aromatic heterocycles. The number of carbonyl (C=O) groups is 1. The van der Waals surface area contributed by atoms with Gasteiger partial charge in [-0.25, -0.2) is 0 Å². The van der Waals surface area contributed by atoms with Crippen LogP contribution >= 0.6 is 0 Å². The van der Waals surface area contributed by atoms with Gasteiger partial charge >= 0.3 is 5.97 Å². The van der Waals surface area contributed by atoms with Crippen molar-refractivity contribution in [1.82, 2.24) is 0 Å². The third-order valence-electron chi connectivity index (χ3n) is 1.45. The molecule has 1 aliphatic carbocycles. The molecule has 3 heteroatoms. The topological polar surface area (TPSA) is 37.3 Å². The van der Waals surface area contributed by atoms with Crippen LogP contribution in [0.2, 0.25) is 0 Å². The minimum absolute atomic E-state index is 0. The monoisotopic (exact) mass is 302 g/mol. The fourth-order valence-electron chi connectivity index (χ4n) is 0.655. The molecule has 42 valence electrons. The fourth-order valence-corrected chi connectivity index (χ4v) is 0.655. The Morgan fingerprint density at radius 3 is 2.00 bits per heavy atom. The summed E-state index contributed by atoms with van der Waals surface area (Å²) in [4.78, 5) is 9.98. The molecular formula is C5H8HgO2. The first-order valence-corrected chi connectivity index (χ1v) is 2.53. The normalized spacial score (nSPS) is 18.5. The summed E-state index contributed by atoms with van der Waals surface area (Å²) in [5, 5.41) is 8.23. The molecule has 2 nitrogen and oxygen atoms in total. The molecule has 0 unspecified atom stereocenters. The SMILES string of the molecule is O=C(O)C1CCC1.[Hg]. The van der Waals surface area contributed by atoms with Gasteiger partial charge in [0.2, 0.25) is 0 Å². The molecule has 1 fully saturated rings. The first kappa shape index (κ1) is 8.41. The molecule has 1 saturated carbocycles. The van der Waals surface area contributed by atoms with Crippen molar-refractivity contribution in [1.29, 1.82) is 0 Å². The number of rotatable bonds is 1. The molecule has 0 heterocycles. The molecule has 0 aromatic carbocycles. The Balaban J connectivity index is 0.000000490. The number of carboxylic acid groups (broad SMARTS) is 1. The molecule has 1 N–H and O–H groups in total. The molecule has 0 spiro atoms. The van der Waals surface area contributed by atoms with Crippen molar-refractivity contribution < 1.29 is 37.6 Å². The third kappa shape index (κ3) is 1.73. The van der Waals surface area contributed by atoms with Crippen molar-refractivity contribution in [2.45, 2.75) is 19.3 Å². The molecule has 8 heavy (non-hydrogen) atoms. The van der Waals surface area contributed by atoms with Crippen molar-refractivity contribution in [3.05, 3.63) is 0 Å². The standard InChI is InChI=1S/C5H8O2.Hg/c6-5(7)4-2-1-3-4;/h4H,1-3H2,(H,6,7);. The zero-order valence-corrected chi connectivity index (χ0v) is 10.3. The molecule has 0 amide bonds. The van der Waals surface area contributed by atoms with E-state index in [0.29, 0.717) is 0 Å². The molecule has 0 saturated heterocycles. The average molecular weight is 301 g/mol. The number of hydrogen-bond donors (Lipinski definition) is 1. The first-order valence-electron chi connectivity index (χ1n) is 2.53. The maximum absolute atomic E-state index is 9.98. The van der Waals surface area contributed by atoms with Crippen LogP contribution in [0.5, 0.6) is 0 Å². The number of carboxylic acids is 1. The molecule has 0 aromatic rings. The minimum Gasteiger partial charge on any atom is -0.481 e. The zero-order chi connectivity index (χ0) is 5.28. The van der Waals surface area contributed by atoms with Crippen molar-refractivity contribution in [3.63, 3.8) is 0 Å². The Kier molecular flexibility index (Phi) is 3.61. The van der Waals surface area contributed by atoms with E-state index in [-0.39, 0.29) is 33.6 Å².